The van der Waals surface area contributed by atoms with Gasteiger partial charge in [-0.15, -0.1) is 0 Å². The summed E-state index contributed by atoms with van der Waals surface area (Å²) in [6.07, 6.45) is 0. The van der Waals surface area contributed by atoms with Crippen LogP contribution in [0.1, 0.15) is 6.92 Å². The molecule has 0 aromatic heterocycles. The molecular formula is C14H12N2OS2. The molecule has 0 bridgehead atoms. The Bertz CT molecular complexity index is 665. The van der Waals surface area contributed by atoms with E-state index in [4.69, 9.17) is 4.36 Å². The number of anilines is 1. The summed E-state index contributed by atoms with van der Waals surface area (Å²) in [6.45, 7) is 1.51. The predicted molar refractivity (Wildman–Crippen MR) is 80.8 cm³/mol. The molecule has 1 aliphatic heterocycles. The van der Waals surface area contributed by atoms with Gasteiger partial charge in [-0.1, -0.05) is 12.1 Å². The summed E-state index contributed by atoms with van der Waals surface area (Å²) in [7, 11) is 1.60. The minimum atomic E-state index is -0.179. The first-order valence-corrected chi connectivity index (χ1v) is 8.35. The molecule has 1 N–H and O–H groups in total. The van der Waals surface area contributed by atoms with E-state index < -0.39 is 0 Å². The van der Waals surface area contributed by atoms with Crippen molar-refractivity contribution in [2.45, 2.75) is 16.7 Å². The van der Waals surface area contributed by atoms with Gasteiger partial charge in [-0.25, -0.2) is 4.36 Å². The molecule has 3 nitrogen and oxygen atoms in total. The second kappa shape index (κ2) is 5.19. The standard InChI is InChI=1S/C14H12N2OS2/c1-10(17)15-11-6-8-12(9-7-11)19-16-13-4-2-3-5-14(13)18-19/h2-9H,1H3,(H,15,17). The second-order valence-electron chi connectivity index (χ2n) is 4.10. The molecule has 0 saturated heterocycles. The number of hydrogen-bond acceptors (Lipinski definition) is 3. The van der Waals surface area contributed by atoms with Gasteiger partial charge in [0.1, 0.15) is 0 Å². The number of amides is 1. The zero-order chi connectivity index (χ0) is 13.2. The van der Waals surface area contributed by atoms with Gasteiger partial charge in [0, 0.05) is 32.1 Å². The van der Waals surface area contributed by atoms with E-state index in [0.29, 0.717) is 0 Å². The normalized spacial score (nSPS) is 16.6. The van der Waals surface area contributed by atoms with Gasteiger partial charge in [0.25, 0.3) is 0 Å². The first-order valence-electron chi connectivity index (χ1n) is 5.83. The van der Waals surface area contributed by atoms with E-state index >= 15 is 0 Å². The molecule has 19 heavy (non-hydrogen) atoms. The Kier molecular flexibility index (Phi) is 3.40. The van der Waals surface area contributed by atoms with Crippen LogP contribution < -0.4 is 5.32 Å². The fourth-order valence-electron chi connectivity index (χ4n) is 1.75. The molecule has 1 heterocycles. The summed E-state index contributed by atoms with van der Waals surface area (Å²) >= 11 is 0. The maximum atomic E-state index is 11.0. The summed E-state index contributed by atoms with van der Waals surface area (Å²) in [5.41, 5.74) is 1.89. The average Bonchev–Trinajstić information content (AvgIpc) is 2.82. The molecular weight excluding hydrogens is 276 g/mol. The monoisotopic (exact) mass is 288 g/mol. The number of nitrogens with one attached hydrogen (secondary N) is 1. The SMILES string of the molecule is CC(=O)Nc1ccc(S2=Nc3ccccc3S2)cc1. The highest BCUT2D eigenvalue weighted by atomic mass is 33.1. The van der Waals surface area contributed by atoms with Crippen molar-refractivity contribution < 1.29 is 4.79 Å². The molecule has 1 aliphatic rings. The van der Waals surface area contributed by atoms with Gasteiger partial charge in [0.15, 0.2) is 0 Å². The van der Waals surface area contributed by atoms with Gasteiger partial charge in [-0.2, -0.15) is 0 Å². The van der Waals surface area contributed by atoms with Gasteiger partial charge in [0.05, 0.1) is 5.69 Å². The van der Waals surface area contributed by atoms with E-state index in [-0.39, 0.29) is 15.6 Å². The summed E-state index contributed by atoms with van der Waals surface area (Å²) in [5.74, 6) is -0.0532. The van der Waals surface area contributed by atoms with E-state index in [1.165, 1.54) is 16.7 Å². The summed E-state index contributed by atoms with van der Waals surface area (Å²) in [6, 6.07) is 16.1. The molecule has 0 radical (unpaired) electrons. The van der Waals surface area contributed by atoms with Crippen LogP contribution in [0.4, 0.5) is 11.4 Å². The molecule has 5 heteroatoms. The van der Waals surface area contributed by atoms with Gasteiger partial charge in [-0.05, 0) is 47.2 Å². The van der Waals surface area contributed by atoms with E-state index in [1.54, 1.807) is 10.8 Å². The molecule has 96 valence electrons. The lowest BCUT2D eigenvalue weighted by atomic mass is 10.3. The Morgan fingerprint density at radius 1 is 1.16 bits per heavy atom. The van der Waals surface area contributed by atoms with Crippen molar-refractivity contribution in [2.24, 2.45) is 4.36 Å². The highest BCUT2D eigenvalue weighted by Crippen LogP contribution is 2.43. The van der Waals surface area contributed by atoms with Gasteiger partial charge >= 0.3 is 0 Å². The smallest absolute Gasteiger partial charge is 0.221 e. The maximum Gasteiger partial charge on any atom is 0.221 e. The van der Waals surface area contributed by atoms with Crippen LogP contribution in [0.5, 0.6) is 0 Å². The van der Waals surface area contributed by atoms with Crippen LogP contribution in [0.15, 0.2) is 62.7 Å². The molecule has 0 saturated carbocycles. The third kappa shape index (κ3) is 2.72. The van der Waals surface area contributed by atoms with E-state index in [1.807, 2.05) is 42.5 Å². The Morgan fingerprint density at radius 2 is 1.89 bits per heavy atom. The van der Waals surface area contributed by atoms with Crippen molar-refractivity contribution in [3.63, 3.8) is 0 Å². The molecule has 0 fully saturated rings. The van der Waals surface area contributed by atoms with Crippen molar-refractivity contribution in [3.05, 3.63) is 48.5 Å². The van der Waals surface area contributed by atoms with Crippen LogP contribution in [-0.2, 0) is 14.5 Å². The Morgan fingerprint density at radius 3 is 2.58 bits per heavy atom. The van der Waals surface area contributed by atoms with Crippen LogP contribution in [0.3, 0.4) is 0 Å². The minimum absolute atomic E-state index is 0.0532. The first kappa shape index (κ1) is 12.4. The zero-order valence-electron chi connectivity index (χ0n) is 10.3. The largest absolute Gasteiger partial charge is 0.326 e. The van der Waals surface area contributed by atoms with Crippen molar-refractivity contribution in [1.29, 1.82) is 0 Å². The highest BCUT2D eigenvalue weighted by Gasteiger charge is 2.15. The summed E-state index contributed by atoms with van der Waals surface area (Å²) in [4.78, 5) is 13.4. The summed E-state index contributed by atoms with van der Waals surface area (Å²) in [5, 5.41) is 2.77. The van der Waals surface area contributed by atoms with Crippen LogP contribution in [0, 0.1) is 0 Å². The van der Waals surface area contributed by atoms with Crippen LogP contribution in [0.25, 0.3) is 0 Å². The Labute approximate surface area is 117 Å². The van der Waals surface area contributed by atoms with E-state index in [9.17, 15) is 4.79 Å². The van der Waals surface area contributed by atoms with Crippen molar-refractivity contribution in [1.82, 2.24) is 0 Å². The molecule has 1 amide bonds. The average molecular weight is 288 g/mol. The molecule has 3 rings (SSSR count). The molecule has 2 aromatic carbocycles. The van der Waals surface area contributed by atoms with Crippen LogP contribution in [0.2, 0.25) is 0 Å². The summed E-state index contributed by atoms with van der Waals surface area (Å²) < 4.78 is 4.72. The van der Waals surface area contributed by atoms with Crippen LogP contribution >= 0.6 is 10.8 Å². The quantitative estimate of drug-likeness (QED) is 0.843. The van der Waals surface area contributed by atoms with Gasteiger partial charge in [-0.3, -0.25) is 4.79 Å². The number of carbonyl (C=O) groups excluding carboxylic acids is 1. The fourth-order valence-corrected chi connectivity index (χ4v) is 5.17. The van der Waals surface area contributed by atoms with E-state index in [2.05, 4.69) is 11.4 Å². The lowest BCUT2D eigenvalue weighted by molar-refractivity contribution is -0.114. The molecule has 0 aliphatic carbocycles. The van der Waals surface area contributed by atoms with Crippen molar-refractivity contribution in [2.75, 3.05) is 5.32 Å². The zero-order valence-corrected chi connectivity index (χ0v) is 11.9. The maximum absolute atomic E-state index is 11.0. The van der Waals surface area contributed by atoms with Crippen molar-refractivity contribution >= 4 is 37.8 Å². The van der Waals surface area contributed by atoms with E-state index in [0.717, 1.165) is 11.4 Å². The van der Waals surface area contributed by atoms with Crippen molar-refractivity contribution in [3.8, 4) is 0 Å². The number of rotatable bonds is 2. The molecule has 1 atom stereocenters. The third-order valence-corrected chi connectivity index (χ3v) is 6.13. The second-order valence-corrected chi connectivity index (χ2v) is 7.30. The lowest BCUT2D eigenvalue weighted by Gasteiger charge is -2.04. The van der Waals surface area contributed by atoms with Crippen LogP contribution in [-0.4, -0.2) is 5.91 Å². The molecule has 2 aromatic rings. The first-order chi connectivity index (χ1) is 9.22. The van der Waals surface area contributed by atoms with Gasteiger partial charge in [0.2, 0.25) is 5.91 Å². The number of hydrogen-bond donors (Lipinski definition) is 1. The van der Waals surface area contributed by atoms with Gasteiger partial charge < -0.3 is 5.32 Å². The third-order valence-electron chi connectivity index (χ3n) is 2.59. The minimum Gasteiger partial charge on any atom is -0.326 e. The fraction of sp³-hybridized carbons (Fsp3) is 0.0714. The number of carbonyl (C=O) groups is 1. The Balaban J connectivity index is 1.83. The number of benzene rings is 2. The predicted octanol–water partition coefficient (Wildman–Crippen LogP) is 4.16. The topological polar surface area (TPSA) is 41.5 Å². The number of fused-ring (bicyclic) bond motifs is 1. The Hall–Kier alpha value is -1.59. The lowest BCUT2D eigenvalue weighted by Crippen LogP contribution is -2.05. The molecule has 0 spiro atoms. The highest BCUT2D eigenvalue weighted by molar-refractivity contribution is 8.70. The number of nitrogens with zero attached hydrogens (tertiary/aromatic N) is 1. The molecule has 1 unspecified atom stereocenters.